The fourth-order valence-corrected chi connectivity index (χ4v) is 7.29. The normalized spacial score (nSPS) is 24.4. The van der Waals surface area contributed by atoms with Crippen molar-refractivity contribution in [2.75, 3.05) is 19.8 Å². The third-order valence-electron chi connectivity index (χ3n) is 7.46. The van der Waals surface area contributed by atoms with E-state index in [1.54, 1.807) is 32.0 Å². The number of hydrogen-bond donors (Lipinski definition) is 0. The van der Waals surface area contributed by atoms with E-state index in [2.05, 4.69) is 0 Å². The zero-order chi connectivity index (χ0) is 26.5. The maximum absolute atomic E-state index is 14.3. The van der Waals surface area contributed by atoms with E-state index in [0.717, 1.165) is 23.2 Å². The predicted octanol–water partition coefficient (Wildman–Crippen LogP) is 7.36. The van der Waals surface area contributed by atoms with Gasteiger partial charge in [-0.1, -0.05) is 12.1 Å². The predicted molar refractivity (Wildman–Crippen MR) is 137 cm³/mol. The first-order valence-electron chi connectivity index (χ1n) is 13.2. The number of rotatable bonds is 13. The molecule has 9 heteroatoms. The molecule has 37 heavy (non-hydrogen) atoms. The number of benzene rings is 1. The SMILES string of the molecule is CC(C)(F)CCOC(=C1C2CC3CC(C2)CC1C3)c1cccc(OP(=O)(OCCC#N)OCCC#N)c1. The summed E-state index contributed by atoms with van der Waals surface area (Å²) in [6.07, 6.45) is 6.36. The summed E-state index contributed by atoms with van der Waals surface area (Å²) in [6, 6.07) is 11.0. The van der Waals surface area contributed by atoms with Crippen molar-refractivity contribution in [2.24, 2.45) is 23.7 Å². The summed E-state index contributed by atoms with van der Waals surface area (Å²) in [5.41, 5.74) is 0.788. The maximum atomic E-state index is 14.3. The lowest BCUT2D eigenvalue weighted by Gasteiger charge is -2.51. The topological polar surface area (TPSA) is 102 Å². The van der Waals surface area contributed by atoms with Crippen LogP contribution in [0.2, 0.25) is 0 Å². The molecule has 4 fully saturated rings. The summed E-state index contributed by atoms with van der Waals surface area (Å²) >= 11 is 0. The molecule has 0 spiro atoms. The van der Waals surface area contributed by atoms with Crippen LogP contribution >= 0.6 is 7.82 Å². The van der Waals surface area contributed by atoms with Crippen LogP contribution in [0.5, 0.6) is 5.75 Å². The highest BCUT2D eigenvalue weighted by molar-refractivity contribution is 7.48. The van der Waals surface area contributed by atoms with Crippen molar-refractivity contribution in [1.29, 1.82) is 10.5 Å². The lowest BCUT2D eigenvalue weighted by molar-refractivity contribution is 0.0654. The molecule has 4 saturated carbocycles. The first-order valence-corrected chi connectivity index (χ1v) is 14.6. The zero-order valence-electron chi connectivity index (χ0n) is 21.7. The number of halogens is 1. The summed E-state index contributed by atoms with van der Waals surface area (Å²) in [6.45, 7) is 3.12. The molecule has 0 radical (unpaired) electrons. The van der Waals surface area contributed by atoms with Crippen LogP contribution in [0.4, 0.5) is 4.39 Å². The number of alkyl halides is 1. The molecule has 0 aromatic heterocycles. The second kappa shape index (κ2) is 12.0. The third-order valence-corrected chi connectivity index (χ3v) is 8.89. The average molecular weight is 531 g/mol. The van der Waals surface area contributed by atoms with Crippen LogP contribution in [0.3, 0.4) is 0 Å². The van der Waals surface area contributed by atoms with Gasteiger partial charge in [0.2, 0.25) is 0 Å². The van der Waals surface area contributed by atoms with E-state index in [4.69, 9.17) is 28.8 Å². The molecule has 1 aromatic carbocycles. The molecule has 0 unspecified atom stereocenters. The molecule has 0 amide bonds. The maximum Gasteiger partial charge on any atom is 0.530 e. The summed E-state index contributed by atoms with van der Waals surface area (Å²) in [7, 11) is -4.06. The number of allylic oxidation sites excluding steroid dienone is 1. The standard InChI is InChI=1S/C28H36FN2O5P/c1-28(2,29)8-13-33-27(26-23-15-20-14-21(17-23)18-24(26)16-20)22-6-3-7-25(19-22)36-37(32,34-11-4-9-30)35-12-5-10-31/h3,6-7,19-21,23-24H,4-5,8,11-18H2,1-2H3. The summed E-state index contributed by atoms with van der Waals surface area (Å²) in [5.74, 6) is 3.58. The molecule has 7 nitrogen and oxygen atoms in total. The van der Waals surface area contributed by atoms with Crippen molar-refractivity contribution in [3.8, 4) is 17.9 Å². The van der Waals surface area contributed by atoms with Crippen LogP contribution in [-0.4, -0.2) is 25.5 Å². The Morgan fingerprint density at radius 2 is 1.59 bits per heavy atom. The van der Waals surface area contributed by atoms with E-state index in [0.29, 0.717) is 11.8 Å². The molecule has 0 heterocycles. The van der Waals surface area contributed by atoms with Crippen LogP contribution in [0, 0.1) is 46.3 Å². The number of phosphoric acid groups is 1. The Labute approximate surface area is 219 Å². The Morgan fingerprint density at radius 3 is 2.14 bits per heavy atom. The van der Waals surface area contributed by atoms with Crippen LogP contribution in [0.15, 0.2) is 29.8 Å². The number of hydrogen-bond acceptors (Lipinski definition) is 7. The van der Waals surface area contributed by atoms with Gasteiger partial charge < -0.3 is 9.26 Å². The van der Waals surface area contributed by atoms with E-state index in [1.165, 1.54) is 37.7 Å². The largest absolute Gasteiger partial charge is 0.530 e. The summed E-state index contributed by atoms with van der Waals surface area (Å²) < 4.78 is 50.2. The van der Waals surface area contributed by atoms with Crippen LogP contribution in [0.1, 0.15) is 70.8 Å². The highest BCUT2D eigenvalue weighted by Gasteiger charge is 2.47. The fourth-order valence-electron chi connectivity index (χ4n) is 6.11. The fraction of sp³-hybridized carbons (Fsp3) is 0.643. The van der Waals surface area contributed by atoms with E-state index in [1.807, 2.05) is 18.2 Å². The Hall–Kier alpha value is -2.38. The Balaban J connectivity index is 1.61. The van der Waals surface area contributed by atoms with Crippen LogP contribution < -0.4 is 4.52 Å². The molecule has 0 N–H and O–H groups in total. The van der Waals surface area contributed by atoms with Gasteiger partial charge in [-0.2, -0.15) is 10.5 Å². The summed E-state index contributed by atoms with van der Waals surface area (Å²) in [4.78, 5) is 0. The van der Waals surface area contributed by atoms with Gasteiger partial charge in [0, 0.05) is 12.0 Å². The van der Waals surface area contributed by atoms with E-state index >= 15 is 0 Å². The molecule has 1 aromatic rings. The zero-order valence-corrected chi connectivity index (χ0v) is 22.6. The van der Waals surface area contributed by atoms with Gasteiger partial charge >= 0.3 is 7.82 Å². The molecule has 4 aliphatic rings. The Bertz CT molecular complexity index is 1060. The van der Waals surface area contributed by atoms with Crippen molar-refractivity contribution in [2.45, 2.75) is 70.9 Å². The van der Waals surface area contributed by atoms with Gasteiger partial charge in [-0.05, 0) is 87.3 Å². The second-order valence-corrected chi connectivity index (χ2v) is 12.5. The van der Waals surface area contributed by atoms with Gasteiger partial charge in [-0.3, -0.25) is 9.05 Å². The Morgan fingerprint density at radius 1 is 1.00 bits per heavy atom. The number of nitrogens with zero attached hydrogens (tertiary/aromatic N) is 2. The highest BCUT2D eigenvalue weighted by Crippen LogP contribution is 2.58. The number of nitriles is 2. The minimum atomic E-state index is -4.06. The van der Waals surface area contributed by atoms with Crippen LogP contribution in [0.25, 0.3) is 5.76 Å². The lowest BCUT2D eigenvalue weighted by Crippen LogP contribution is -2.41. The molecule has 200 valence electrons. The number of ether oxygens (including phenoxy) is 1. The van der Waals surface area contributed by atoms with Gasteiger partial charge in [0.25, 0.3) is 0 Å². The van der Waals surface area contributed by atoms with E-state index in [-0.39, 0.29) is 44.8 Å². The van der Waals surface area contributed by atoms with E-state index in [9.17, 15) is 8.96 Å². The van der Waals surface area contributed by atoms with Crippen molar-refractivity contribution in [3.05, 3.63) is 35.4 Å². The molecular formula is C28H36FN2O5P. The van der Waals surface area contributed by atoms with Gasteiger partial charge in [0.1, 0.15) is 17.2 Å². The minimum absolute atomic E-state index is 0.0226. The second-order valence-electron chi connectivity index (χ2n) is 11.0. The monoisotopic (exact) mass is 530 g/mol. The van der Waals surface area contributed by atoms with Gasteiger partial charge in [0.15, 0.2) is 0 Å². The Kier molecular flexibility index (Phi) is 8.96. The van der Waals surface area contributed by atoms with Crippen molar-refractivity contribution >= 4 is 13.6 Å². The van der Waals surface area contributed by atoms with Crippen molar-refractivity contribution in [1.82, 2.24) is 0 Å². The molecule has 4 aliphatic carbocycles. The lowest BCUT2D eigenvalue weighted by atomic mass is 9.54. The first kappa shape index (κ1) is 27.6. The summed E-state index contributed by atoms with van der Waals surface area (Å²) in [5, 5.41) is 17.6. The first-order chi connectivity index (χ1) is 17.7. The van der Waals surface area contributed by atoms with Gasteiger partial charge in [-0.25, -0.2) is 8.96 Å². The van der Waals surface area contributed by atoms with Crippen molar-refractivity contribution < 1.29 is 27.3 Å². The van der Waals surface area contributed by atoms with Crippen LogP contribution in [-0.2, 0) is 18.3 Å². The molecule has 4 bridgehead atoms. The molecule has 0 atom stereocenters. The molecular weight excluding hydrogens is 494 g/mol. The minimum Gasteiger partial charge on any atom is -0.493 e. The van der Waals surface area contributed by atoms with Gasteiger partial charge in [0.05, 0.1) is 44.8 Å². The van der Waals surface area contributed by atoms with Crippen molar-refractivity contribution in [3.63, 3.8) is 0 Å². The van der Waals surface area contributed by atoms with Gasteiger partial charge in [-0.15, -0.1) is 0 Å². The quantitative estimate of drug-likeness (QED) is 0.149. The average Bonchev–Trinajstić information content (AvgIpc) is 2.82. The number of phosphoric ester groups is 1. The molecule has 5 rings (SSSR count). The smallest absolute Gasteiger partial charge is 0.493 e. The molecule has 0 saturated heterocycles. The third kappa shape index (κ3) is 7.35. The van der Waals surface area contributed by atoms with E-state index < -0.39 is 13.5 Å². The molecule has 0 aliphatic heterocycles. The highest BCUT2D eigenvalue weighted by atomic mass is 31.2.